The van der Waals surface area contributed by atoms with Crippen LogP contribution in [0.2, 0.25) is 0 Å². The van der Waals surface area contributed by atoms with E-state index in [2.05, 4.69) is 0 Å². The second-order valence-electron chi connectivity index (χ2n) is 5.08. The van der Waals surface area contributed by atoms with Crippen LogP contribution in [0.25, 0.3) is 0 Å². The van der Waals surface area contributed by atoms with Crippen LogP contribution in [0.3, 0.4) is 0 Å². The van der Waals surface area contributed by atoms with Crippen molar-refractivity contribution in [2.45, 2.75) is 38.6 Å². The van der Waals surface area contributed by atoms with Gasteiger partial charge >= 0.3 is 0 Å². The number of benzene rings is 1. The lowest BCUT2D eigenvalue weighted by Crippen LogP contribution is -2.40. The summed E-state index contributed by atoms with van der Waals surface area (Å²) in [6.45, 7) is 2.34. The van der Waals surface area contributed by atoms with Crippen molar-refractivity contribution < 1.29 is 9.90 Å². The smallest absolute Gasteiger partial charge is 0.254 e. The van der Waals surface area contributed by atoms with Crippen molar-refractivity contribution in [3.05, 3.63) is 29.3 Å². The summed E-state index contributed by atoms with van der Waals surface area (Å²) in [5.41, 5.74) is 1.22. The van der Waals surface area contributed by atoms with Crippen LogP contribution in [-0.4, -0.2) is 34.4 Å². The fraction of sp³-hybridized carbons (Fsp3) is 0.533. The topological polar surface area (TPSA) is 40.5 Å². The molecule has 2 rings (SSSR count). The number of halogens is 1. The van der Waals surface area contributed by atoms with Crippen LogP contribution in [0, 0.1) is 6.92 Å². The summed E-state index contributed by atoms with van der Waals surface area (Å²) in [4.78, 5) is 14.5. The number of hydrogen-bond acceptors (Lipinski definition) is 2. The Morgan fingerprint density at radius 3 is 2.74 bits per heavy atom. The van der Waals surface area contributed by atoms with Crippen molar-refractivity contribution in [2.24, 2.45) is 0 Å². The van der Waals surface area contributed by atoms with E-state index in [0.717, 1.165) is 12.8 Å². The molecule has 1 aliphatic rings. The van der Waals surface area contributed by atoms with E-state index in [0.29, 0.717) is 29.6 Å². The Balaban J connectivity index is 2.25. The zero-order valence-corrected chi connectivity index (χ0v) is 12.0. The molecule has 0 bridgehead atoms. The Hall–Kier alpha value is -1.22. The van der Waals surface area contributed by atoms with Gasteiger partial charge < -0.3 is 10.0 Å². The zero-order chi connectivity index (χ0) is 13.8. The zero-order valence-electron chi connectivity index (χ0n) is 11.2. The standard InChI is InChI=1S/C15H20ClNO2/c1-11-13(7-4-8-14(11)18)15(19)17(10-9-16)12-5-2-3-6-12/h4,7-8,12,18H,2-3,5-6,9-10H2,1H3. The molecule has 3 nitrogen and oxygen atoms in total. The highest BCUT2D eigenvalue weighted by atomic mass is 35.5. The van der Waals surface area contributed by atoms with Gasteiger partial charge in [-0.1, -0.05) is 18.9 Å². The summed E-state index contributed by atoms with van der Waals surface area (Å²) in [5, 5.41) is 9.73. The maximum atomic E-state index is 12.7. The Labute approximate surface area is 119 Å². The van der Waals surface area contributed by atoms with E-state index in [4.69, 9.17) is 11.6 Å². The van der Waals surface area contributed by atoms with Crippen molar-refractivity contribution in [1.82, 2.24) is 4.90 Å². The largest absolute Gasteiger partial charge is 0.508 e. The highest BCUT2D eigenvalue weighted by Gasteiger charge is 2.27. The van der Waals surface area contributed by atoms with Crippen LogP contribution in [0.5, 0.6) is 5.75 Å². The minimum absolute atomic E-state index is 0.0130. The predicted molar refractivity (Wildman–Crippen MR) is 76.9 cm³/mol. The number of phenolic OH excluding ortho intramolecular Hbond substituents is 1. The van der Waals surface area contributed by atoms with Crippen LogP contribution < -0.4 is 0 Å². The van der Waals surface area contributed by atoms with E-state index in [1.165, 1.54) is 12.8 Å². The van der Waals surface area contributed by atoms with Crippen LogP contribution in [0.4, 0.5) is 0 Å². The van der Waals surface area contributed by atoms with E-state index in [1.807, 2.05) is 4.90 Å². The Bertz CT molecular complexity index is 455. The summed E-state index contributed by atoms with van der Waals surface area (Å²) in [5.74, 6) is 0.601. The van der Waals surface area contributed by atoms with Crippen LogP contribution in [0.15, 0.2) is 18.2 Å². The summed E-state index contributed by atoms with van der Waals surface area (Å²) in [6.07, 6.45) is 4.46. The van der Waals surface area contributed by atoms with Crippen molar-refractivity contribution in [2.75, 3.05) is 12.4 Å². The molecular weight excluding hydrogens is 262 g/mol. The van der Waals surface area contributed by atoms with Gasteiger partial charge in [0.1, 0.15) is 5.75 Å². The summed E-state index contributed by atoms with van der Waals surface area (Å²) >= 11 is 5.83. The molecule has 0 saturated heterocycles. The Kier molecular flexibility index (Phi) is 4.70. The molecule has 0 radical (unpaired) electrons. The van der Waals surface area contributed by atoms with Gasteiger partial charge in [-0.2, -0.15) is 0 Å². The third kappa shape index (κ3) is 3.03. The summed E-state index contributed by atoms with van der Waals surface area (Å²) in [6, 6.07) is 5.39. The van der Waals surface area contributed by atoms with Gasteiger partial charge in [0.2, 0.25) is 0 Å². The minimum Gasteiger partial charge on any atom is -0.508 e. The van der Waals surface area contributed by atoms with E-state index < -0.39 is 0 Å². The van der Waals surface area contributed by atoms with E-state index in [-0.39, 0.29) is 11.7 Å². The normalized spacial score (nSPS) is 15.7. The molecule has 1 aliphatic carbocycles. The highest BCUT2D eigenvalue weighted by Crippen LogP contribution is 2.27. The molecule has 0 atom stereocenters. The van der Waals surface area contributed by atoms with E-state index in [9.17, 15) is 9.90 Å². The molecule has 104 valence electrons. The minimum atomic E-state index is -0.0130. The lowest BCUT2D eigenvalue weighted by molar-refractivity contribution is 0.0694. The van der Waals surface area contributed by atoms with Crippen LogP contribution in [0.1, 0.15) is 41.6 Å². The average molecular weight is 282 g/mol. The molecular formula is C15H20ClNO2. The Morgan fingerprint density at radius 2 is 2.11 bits per heavy atom. The van der Waals surface area contributed by atoms with Gasteiger partial charge in [-0.3, -0.25) is 4.79 Å². The number of phenols is 1. The van der Waals surface area contributed by atoms with E-state index >= 15 is 0 Å². The quantitative estimate of drug-likeness (QED) is 0.860. The number of hydrogen-bond donors (Lipinski definition) is 1. The monoisotopic (exact) mass is 281 g/mol. The van der Waals surface area contributed by atoms with Crippen molar-refractivity contribution in [1.29, 1.82) is 0 Å². The van der Waals surface area contributed by atoms with Crippen molar-refractivity contribution in [3.8, 4) is 5.75 Å². The molecule has 1 aromatic carbocycles. The van der Waals surface area contributed by atoms with Gasteiger partial charge in [-0.25, -0.2) is 0 Å². The molecule has 1 saturated carbocycles. The first-order valence-corrected chi connectivity index (χ1v) is 7.34. The first kappa shape index (κ1) is 14.2. The van der Waals surface area contributed by atoms with Gasteiger partial charge in [0.05, 0.1) is 0 Å². The number of nitrogens with zero attached hydrogens (tertiary/aromatic N) is 1. The molecule has 1 fully saturated rings. The number of amides is 1. The molecule has 0 heterocycles. The van der Waals surface area contributed by atoms with Gasteiger partial charge in [-0.15, -0.1) is 11.6 Å². The van der Waals surface area contributed by atoms with Gasteiger partial charge in [0.15, 0.2) is 0 Å². The number of carbonyl (C=O) groups is 1. The number of carbonyl (C=O) groups excluding carboxylic acids is 1. The highest BCUT2D eigenvalue weighted by molar-refractivity contribution is 6.18. The summed E-state index contributed by atoms with van der Waals surface area (Å²) < 4.78 is 0. The van der Waals surface area contributed by atoms with E-state index in [1.54, 1.807) is 25.1 Å². The molecule has 0 unspecified atom stereocenters. The molecule has 1 amide bonds. The Morgan fingerprint density at radius 1 is 1.42 bits per heavy atom. The number of rotatable bonds is 4. The molecule has 0 aromatic heterocycles. The number of alkyl halides is 1. The fourth-order valence-corrected chi connectivity index (χ4v) is 2.95. The van der Waals surface area contributed by atoms with Crippen molar-refractivity contribution in [3.63, 3.8) is 0 Å². The third-order valence-corrected chi connectivity index (χ3v) is 4.06. The molecule has 1 N–H and O–H groups in total. The van der Waals surface area contributed by atoms with Gasteiger partial charge in [0, 0.05) is 29.6 Å². The van der Waals surface area contributed by atoms with Crippen LogP contribution in [-0.2, 0) is 0 Å². The second kappa shape index (κ2) is 6.29. The van der Waals surface area contributed by atoms with Crippen molar-refractivity contribution >= 4 is 17.5 Å². The first-order valence-electron chi connectivity index (χ1n) is 6.80. The SMILES string of the molecule is Cc1c(O)cccc1C(=O)N(CCCl)C1CCCC1. The van der Waals surface area contributed by atoms with Gasteiger partial charge in [0.25, 0.3) is 5.91 Å². The number of aromatic hydroxyl groups is 1. The first-order chi connectivity index (χ1) is 9.15. The van der Waals surface area contributed by atoms with Gasteiger partial charge in [-0.05, 0) is 31.9 Å². The summed E-state index contributed by atoms with van der Waals surface area (Å²) in [7, 11) is 0. The molecule has 19 heavy (non-hydrogen) atoms. The van der Waals surface area contributed by atoms with Crippen LogP contribution >= 0.6 is 11.6 Å². The fourth-order valence-electron chi connectivity index (χ4n) is 2.77. The molecule has 4 heteroatoms. The maximum Gasteiger partial charge on any atom is 0.254 e. The maximum absolute atomic E-state index is 12.7. The third-order valence-electron chi connectivity index (χ3n) is 3.89. The lowest BCUT2D eigenvalue weighted by atomic mass is 10.1. The molecule has 0 spiro atoms. The average Bonchev–Trinajstić information content (AvgIpc) is 2.92. The lowest BCUT2D eigenvalue weighted by Gasteiger charge is -2.29. The molecule has 0 aliphatic heterocycles. The molecule has 1 aromatic rings. The predicted octanol–water partition coefficient (Wildman–Crippen LogP) is 3.32. The second-order valence-corrected chi connectivity index (χ2v) is 5.45.